The standard InChI is InChI=1S/C18H20BrNO4/c1-9-15(11(3)21)17(16(10(2)20-9)18(22)24-5)13-8-12(19)6-7-14(13)23-4/h6-8,15,17H,1-5H3/t15?,17-/m1/s1. The summed E-state index contributed by atoms with van der Waals surface area (Å²) in [6, 6.07) is 5.53. The van der Waals surface area contributed by atoms with Gasteiger partial charge in [0.05, 0.1) is 25.7 Å². The molecule has 2 atom stereocenters. The van der Waals surface area contributed by atoms with Crippen LogP contribution in [0.1, 0.15) is 32.3 Å². The molecule has 0 aliphatic carbocycles. The molecule has 6 heteroatoms. The Morgan fingerprint density at radius 3 is 2.42 bits per heavy atom. The van der Waals surface area contributed by atoms with Gasteiger partial charge in [-0.2, -0.15) is 0 Å². The van der Waals surface area contributed by atoms with E-state index in [2.05, 4.69) is 20.9 Å². The van der Waals surface area contributed by atoms with Gasteiger partial charge >= 0.3 is 5.97 Å². The van der Waals surface area contributed by atoms with E-state index >= 15 is 0 Å². The molecule has 24 heavy (non-hydrogen) atoms. The maximum atomic E-state index is 12.4. The third-order valence-electron chi connectivity index (χ3n) is 4.20. The summed E-state index contributed by atoms with van der Waals surface area (Å²) in [5.74, 6) is -0.969. The first-order valence-electron chi connectivity index (χ1n) is 7.50. The van der Waals surface area contributed by atoms with Gasteiger partial charge in [-0.25, -0.2) is 4.79 Å². The van der Waals surface area contributed by atoms with Crippen LogP contribution in [0, 0.1) is 5.92 Å². The van der Waals surface area contributed by atoms with E-state index in [0.29, 0.717) is 22.7 Å². The van der Waals surface area contributed by atoms with Crippen molar-refractivity contribution in [2.75, 3.05) is 14.2 Å². The van der Waals surface area contributed by atoms with Crippen molar-refractivity contribution in [3.63, 3.8) is 0 Å². The van der Waals surface area contributed by atoms with Gasteiger partial charge in [0.15, 0.2) is 0 Å². The molecule has 2 rings (SSSR count). The summed E-state index contributed by atoms with van der Waals surface area (Å²) in [6.45, 7) is 5.07. The molecule has 1 aromatic carbocycles. The molecule has 1 aromatic rings. The van der Waals surface area contributed by atoms with Gasteiger partial charge in [0, 0.05) is 27.4 Å². The van der Waals surface area contributed by atoms with Crippen LogP contribution >= 0.6 is 15.9 Å². The second-order valence-corrected chi connectivity index (χ2v) is 6.61. The number of carbonyl (C=O) groups excluding carboxylic acids is 2. The number of rotatable bonds is 4. The van der Waals surface area contributed by atoms with Crippen LogP contribution in [-0.4, -0.2) is 31.7 Å². The molecule has 0 spiro atoms. The smallest absolute Gasteiger partial charge is 0.336 e. The van der Waals surface area contributed by atoms with Crippen LogP contribution in [0.4, 0.5) is 0 Å². The van der Waals surface area contributed by atoms with Crippen LogP contribution in [-0.2, 0) is 14.3 Å². The van der Waals surface area contributed by atoms with Crippen molar-refractivity contribution in [3.8, 4) is 5.75 Å². The fourth-order valence-corrected chi connectivity index (χ4v) is 3.60. The number of hydrogen-bond acceptors (Lipinski definition) is 5. The van der Waals surface area contributed by atoms with E-state index in [9.17, 15) is 9.59 Å². The molecule has 0 saturated heterocycles. The Morgan fingerprint density at radius 1 is 1.21 bits per heavy atom. The van der Waals surface area contributed by atoms with Crippen molar-refractivity contribution in [3.05, 3.63) is 39.5 Å². The lowest BCUT2D eigenvalue weighted by Gasteiger charge is -2.32. The van der Waals surface area contributed by atoms with Crippen LogP contribution in [0.25, 0.3) is 0 Å². The minimum atomic E-state index is -0.536. The number of esters is 1. The molecule has 1 aliphatic rings. The first-order chi connectivity index (χ1) is 11.3. The lowest BCUT2D eigenvalue weighted by atomic mass is 9.73. The molecule has 0 radical (unpaired) electrons. The summed E-state index contributed by atoms with van der Waals surface area (Å²) in [7, 11) is 2.89. The first-order valence-corrected chi connectivity index (χ1v) is 8.29. The Kier molecular flexibility index (Phi) is 5.59. The Hall–Kier alpha value is -1.95. The van der Waals surface area contributed by atoms with Gasteiger partial charge in [-0.1, -0.05) is 15.9 Å². The van der Waals surface area contributed by atoms with E-state index < -0.39 is 17.8 Å². The van der Waals surface area contributed by atoms with E-state index in [-0.39, 0.29) is 5.78 Å². The van der Waals surface area contributed by atoms with Crippen molar-refractivity contribution in [2.24, 2.45) is 10.9 Å². The number of ether oxygens (including phenoxy) is 2. The number of methoxy groups -OCH3 is 2. The molecule has 0 bridgehead atoms. The molecular formula is C18H20BrNO4. The molecule has 5 nitrogen and oxygen atoms in total. The zero-order valence-corrected chi connectivity index (χ0v) is 15.9. The average molecular weight is 394 g/mol. The fourth-order valence-electron chi connectivity index (χ4n) is 3.22. The highest BCUT2D eigenvalue weighted by Gasteiger charge is 2.41. The van der Waals surface area contributed by atoms with Crippen LogP contribution in [0.15, 0.2) is 38.9 Å². The second-order valence-electron chi connectivity index (χ2n) is 5.70. The van der Waals surface area contributed by atoms with Gasteiger partial charge in [0.2, 0.25) is 0 Å². The molecule has 0 fully saturated rings. The predicted octanol–water partition coefficient (Wildman–Crippen LogP) is 3.67. The second kappa shape index (κ2) is 7.30. The quantitative estimate of drug-likeness (QED) is 0.731. The highest BCUT2D eigenvalue weighted by Crippen LogP contribution is 2.44. The van der Waals surface area contributed by atoms with E-state index in [1.807, 2.05) is 18.2 Å². The summed E-state index contributed by atoms with van der Waals surface area (Å²) in [6.07, 6.45) is 0. The number of nitrogens with zero attached hydrogens (tertiary/aromatic N) is 1. The minimum Gasteiger partial charge on any atom is -0.496 e. The molecule has 1 heterocycles. The van der Waals surface area contributed by atoms with Gasteiger partial charge in [-0.15, -0.1) is 0 Å². The van der Waals surface area contributed by atoms with Crippen molar-refractivity contribution in [2.45, 2.75) is 26.7 Å². The third kappa shape index (κ3) is 3.29. The summed E-state index contributed by atoms with van der Waals surface area (Å²) >= 11 is 3.45. The zero-order valence-electron chi connectivity index (χ0n) is 14.3. The number of ketones is 1. The van der Waals surface area contributed by atoms with Gasteiger partial charge in [0.25, 0.3) is 0 Å². The topological polar surface area (TPSA) is 65.0 Å². The molecule has 1 aliphatic heterocycles. The fraction of sp³-hybridized carbons (Fsp3) is 0.389. The largest absolute Gasteiger partial charge is 0.496 e. The molecule has 1 unspecified atom stereocenters. The third-order valence-corrected chi connectivity index (χ3v) is 4.69. The lowest BCUT2D eigenvalue weighted by molar-refractivity contribution is -0.136. The van der Waals surface area contributed by atoms with Crippen LogP contribution in [0.3, 0.4) is 0 Å². The molecule has 128 valence electrons. The van der Waals surface area contributed by atoms with E-state index in [1.54, 1.807) is 21.0 Å². The number of hydrogen-bond donors (Lipinski definition) is 0. The maximum absolute atomic E-state index is 12.4. The molecule has 0 amide bonds. The highest BCUT2D eigenvalue weighted by molar-refractivity contribution is 9.10. The van der Waals surface area contributed by atoms with E-state index in [0.717, 1.165) is 10.0 Å². The minimum absolute atomic E-state index is 0.0582. The summed E-state index contributed by atoms with van der Waals surface area (Å²) in [5, 5.41) is 0. The Labute approximate surface area is 149 Å². The molecular weight excluding hydrogens is 374 g/mol. The van der Waals surface area contributed by atoms with E-state index in [4.69, 9.17) is 9.47 Å². The van der Waals surface area contributed by atoms with Crippen LogP contribution in [0.2, 0.25) is 0 Å². The van der Waals surface area contributed by atoms with Crippen molar-refractivity contribution in [1.29, 1.82) is 0 Å². The molecule has 0 saturated carbocycles. The Morgan fingerprint density at radius 2 is 1.88 bits per heavy atom. The summed E-state index contributed by atoms with van der Waals surface area (Å²) in [4.78, 5) is 29.2. The van der Waals surface area contributed by atoms with Gasteiger partial charge in [0.1, 0.15) is 11.5 Å². The number of carbonyl (C=O) groups is 2. The summed E-state index contributed by atoms with van der Waals surface area (Å²) in [5.41, 5.74) is 2.38. The SMILES string of the molecule is COC(=O)C1=C(C)N=C(C)C(C(C)=O)[C@H]1c1cc(Br)ccc1OC. The Bertz CT molecular complexity index is 751. The van der Waals surface area contributed by atoms with Crippen LogP contribution in [0.5, 0.6) is 5.75 Å². The van der Waals surface area contributed by atoms with Crippen molar-refractivity contribution in [1.82, 2.24) is 0 Å². The van der Waals surface area contributed by atoms with E-state index in [1.165, 1.54) is 14.0 Å². The zero-order chi connectivity index (χ0) is 18.0. The number of halogens is 1. The van der Waals surface area contributed by atoms with Crippen LogP contribution < -0.4 is 4.74 Å². The van der Waals surface area contributed by atoms with Gasteiger partial charge < -0.3 is 9.47 Å². The predicted molar refractivity (Wildman–Crippen MR) is 95.4 cm³/mol. The van der Waals surface area contributed by atoms with Gasteiger partial charge in [-0.05, 0) is 39.0 Å². The average Bonchev–Trinajstić information content (AvgIpc) is 2.52. The van der Waals surface area contributed by atoms with Crippen molar-refractivity contribution < 1.29 is 19.1 Å². The van der Waals surface area contributed by atoms with Gasteiger partial charge in [-0.3, -0.25) is 9.79 Å². The first kappa shape index (κ1) is 18.4. The number of aliphatic imine (C=N–C) groups is 1. The normalized spacial score (nSPS) is 20.5. The number of allylic oxidation sites excluding steroid dienone is 1. The van der Waals surface area contributed by atoms with Crippen molar-refractivity contribution >= 4 is 33.4 Å². The molecule has 0 N–H and O–H groups in total. The summed E-state index contributed by atoms with van der Waals surface area (Å²) < 4.78 is 11.3. The number of Topliss-reactive ketones (excluding diaryl/α,β-unsaturated/α-hetero) is 1. The molecule has 0 aromatic heterocycles. The lowest BCUT2D eigenvalue weighted by Crippen LogP contribution is -2.34. The number of benzene rings is 1. The Balaban J connectivity index is 2.77. The monoisotopic (exact) mass is 393 g/mol. The highest BCUT2D eigenvalue weighted by atomic mass is 79.9. The maximum Gasteiger partial charge on any atom is 0.336 e.